The molecule has 0 atom stereocenters. The number of rotatable bonds is 5. The predicted octanol–water partition coefficient (Wildman–Crippen LogP) is 15.4. The zero-order valence-electron chi connectivity index (χ0n) is 31.5. The minimum atomic E-state index is -0.258. The van der Waals surface area contributed by atoms with Crippen LogP contribution < -0.4 is 4.90 Å². The molecular weight excluding hydrogens is 675 g/mol. The van der Waals surface area contributed by atoms with Gasteiger partial charge in [-0.05, 0) is 101 Å². The molecule has 0 spiro atoms. The van der Waals surface area contributed by atoms with Crippen molar-refractivity contribution in [2.45, 2.75) is 19.3 Å². The van der Waals surface area contributed by atoms with E-state index in [1.165, 1.54) is 93.3 Å². The number of benzene rings is 10. The smallest absolute Gasteiger partial charge is 0.0546 e. The summed E-state index contributed by atoms with van der Waals surface area (Å²) in [5.41, 5.74) is 13.5. The quantitative estimate of drug-likeness (QED) is 0.161. The van der Waals surface area contributed by atoms with Gasteiger partial charge in [-0.1, -0.05) is 190 Å². The normalized spacial score (nSPS) is 13.0. The van der Waals surface area contributed by atoms with E-state index in [9.17, 15) is 0 Å². The molecule has 1 aliphatic carbocycles. The topological polar surface area (TPSA) is 3.24 Å². The average molecular weight is 714 g/mol. The van der Waals surface area contributed by atoms with E-state index >= 15 is 0 Å². The van der Waals surface area contributed by atoms with Gasteiger partial charge in [0, 0.05) is 22.1 Å². The van der Waals surface area contributed by atoms with E-state index in [1.54, 1.807) is 0 Å². The fraction of sp³-hybridized carbons (Fsp3) is 0.0545. The van der Waals surface area contributed by atoms with Crippen molar-refractivity contribution in [1.29, 1.82) is 0 Å². The van der Waals surface area contributed by atoms with Gasteiger partial charge in [0.15, 0.2) is 0 Å². The van der Waals surface area contributed by atoms with Crippen molar-refractivity contribution in [2.24, 2.45) is 0 Å². The second-order valence-electron chi connectivity index (χ2n) is 15.7. The van der Waals surface area contributed by atoms with Gasteiger partial charge in [0.05, 0.1) is 11.4 Å². The Bertz CT molecular complexity index is 3150. The van der Waals surface area contributed by atoms with Crippen LogP contribution in [0.15, 0.2) is 200 Å². The summed E-state index contributed by atoms with van der Waals surface area (Å²) in [6, 6.07) is 74.0. The molecule has 0 aromatic heterocycles. The molecule has 10 aromatic carbocycles. The summed E-state index contributed by atoms with van der Waals surface area (Å²) in [7, 11) is 0. The van der Waals surface area contributed by atoms with Gasteiger partial charge in [0.25, 0.3) is 0 Å². The molecule has 1 heteroatoms. The lowest BCUT2D eigenvalue weighted by Crippen LogP contribution is -2.25. The molecule has 1 nitrogen and oxygen atoms in total. The molecule has 0 unspecified atom stereocenters. The van der Waals surface area contributed by atoms with Crippen LogP contribution in [0.3, 0.4) is 0 Å². The van der Waals surface area contributed by atoms with Gasteiger partial charge in [0.1, 0.15) is 0 Å². The molecule has 56 heavy (non-hydrogen) atoms. The number of fused-ring (bicyclic) bond motifs is 6. The van der Waals surface area contributed by atoms with Crippen molar-refractivity contribution in [3.05, 3.63) is 211 Å². The maximum absolute atomic E-state index is 2.53. The molecule has 0 saturated heterocycles. The standard InChI is InChI=1S/C55H39N/c1-55(2)49-28-13-20-39-31-34-50(53(52(39)49)48-27-14-26-47(54(48)55)45-25-12-19-38-17-6-8-21-42(38)45)56(41-32-29-37(30-33-41)36-15-4-3-5-16-36)51-35-40-18-7-9-22-43(40)44-23-10-11-24-46(44)51/h3-35H,1-2H3. The molecule has 1 aliphatic rings. The van der Waals surface area contributed by atoms with Gasteiger partial charge in [-0.25, -0.2) is 0 Å². The molecule has 0 bridgehead atoms. The molecule has 0 heterocycles. The fourth-order valence-corrected chi connectivity index (χ4v) is 9.66. The Kier molecular flexibility index (Phi) is 7.28. The Balaban J connectivity index is 1.25. The van der Waals surface area contributed by atoms with E-state index < -0.39 is 0 Å². The molecule has 0 amide bonds. The Hall–Kier alpha value is -6.96. The molecule has 10 aromatic rings. The van der Waals surface area contributed by atoms with Gasteiger partial charge >= 0.3 is 0 Å². The van der Waals surface area contributed by atoms with E-state index in [1.807, 2.05) is 0 Å². The average Bonchev–Trinajstić information content (AvgIpc) is 3.26. The largest absolute Gasteiger partial charge is 0.309 e. The maximum atomic E-state index is 2.53. The van der Waals surface area contributed by atoms with Crippen LogP contribution in [0.2, 0.25) is 0 Å². The van der Waals surface area contributed by atoms with Crippen LogP contribution >= 0.6 is 0 Å². The predicted molar refractivity (Wildman–Crippen MR) is 240 cm³/mol. The van der Waals surface area contributed by atoms with E-state index in [0.717, 1.165) is 11.4 Å². The van der Waals surface area contributed by atoms with Gasteiger partial charge in [-0.2, -0.15) is 0 Å². The van der Waals surface area contributed by atoms with E-state index in [0.29, 0.717) is 0 Å². The monoisotopic (exact) mass is 713 g/mol. The van der Waals surface area contributed by atoms with Crippen molar-refractivity contribution >= 4 is 60.2 Å². The van der Waals surface area contributed by atoms with Crippen molar-refractivity contribution < 1.29 is 0 Å². The Morgan fingerprint density at radius 2 is 0.964 bits per heavy atom. The Morgan fingerprint density at radius 3 is 1.79 bits per heavy atom. The number of hydrogen-bond acceptors (Lipinski definition) is 1. The van der Waals surface area contributed by atoms with E-state index in [4.69, 9.17) is 0 Å². The van der Waals surface area contributed by atoms with Crippen LogP contribution in [0.1, 0.15) is 25.0 Å². The van der Waals surface area contributed by atoms with Crippen LogP contribution in [0.25, 0.3) is 76.5 Å². The lowest BCUT2D eigenvalue weighted by molar-refractivity contribution is 0.647. The van der Waals surface area contributed by atoms with Crippen LogP contribution in [0.4, 0.5) is 17.1 Å². The molecule has 264 valence electrons. The third-order valence-corrected chi connectivity index (χ3v) is 12.2. The molecule has 11 rings (SSSR count). The summed E-state index contributed by atoms with van der Waals surface area (Å²) < 4.78 is 0. The first-order valence-corrected chi connectivity index (χ1v) is 19.6. The van der Waals surface area contributed by atoms with Gasteiger partial charge in [-0.3, -0.25) is 0 Å². The molecule has 0 fully saturated rings. The van der Waals surface area contributed by atoms with Crippen LogP contribution in [0, 0.1) is 0 Å². The molecule has 0 radical (unpaired) electrons. The maximum Gasteiger partial charge on any atom is 0.0546 e. The highest BCUT2D eigenvalue weighted by Gasteiger charge is 2.38. The minimum Gasteiger partial charge on any atom is -0.309 e. The number of hydrogen-bond donors (Lipinski definition) is 0. The van der Waals surface area contributed by atoms with E-state index in [-0.39, 0.29) is 5.41 Å². The summed E-state index contributed by atoms with van der Waals surface area (Å²) >= 11 is 0. The third kappa shape index (κ3) is 4.87. The second kappa shape index (κ2) is 12.5. The van der Waals surface area contributed by atoms with Crippen molar-refractivity contribution in [3.63, 3.8) is 0 Å². The summed E-state index contributed by atoms with van der Waals surface area (Å²) in [5.74, 6) is 0. The first-order valence-electron chi connectivity index (χ1n) is 19.6. The van der Waals surface area contributed by atoms with Crippen molar-refractivity contribution in [3.8, 4) is 33.4 Å². The highest BCUT2D eigenvalue weighted by Crippen LogP contribution is 2.56. The summed E-state index contributed by atoms with van der Waals surface area (Å²) in [4.78, 5) is 2.53. The lowest BCUT2D eigenvalue weighted by Gasteiger charge is -2.39. The first-order chi connectivity index (χ1) is 27.6. The van der Waals surface area contributed by atoms with E-state index in [2.05, 4.69) is 219 Å². The summed E-state index contributed by atoms with van der Waals surface area (Å²) in [5, 5.41) is 10.1. The third-order valence-electron chi connectivity index (χ3n) is 12.2. The van der Waals surface area contributed by atoms with Crippen LogP contribution in [-0.4, -0.2) is 0 Å². The molecule has 0 N–H and O–H groups in total. The SMILES string of the molecule is CC1(C)c2c(-c3cccc4ccccc34)cccc2-c2c(N(c3ccc(-c4ccccc4)cc3)c3cc4ccccc4c4ccccc34)ccc3cccc1c23. The molecule has 0 saturated carbocycles. The number of nitrogens with zero attached hydrogens (tertiary/aromatic N) is 1. The van der Waals surface area contributed by atoms with Crippen LogP contribution in [-0.2, 0) is 5.41 Å². The highest BCUT2D eigenvalue weighted by atomic mass is 15.1. The van der Waals surface area contributed by atoms with Gasteiger partial charge < -0.3 is 4.90 Å². The second-order valence-corrected chi connectivity index (χ2v) is 15.7. The van der Waals surface area contributed by atoms with Crippen LogP contribution in [0.5, 0.6) is 0 Å². The first kappa shape index (κ1) is 32.5. The fourth-order valence-electron chi connectivity index (χ4n) is 9.66. The minimum absolute atomic E-state index is 0.258. The highest BCUT2D eigenvalue weighted by molar-refractivity contribution is 6.17. The van der Waals surface area contributed by atoms with Crippen molar-refractivity contribution in [2.75, 3.05) is 4.90 Å². The Morgan fingerprint density at radius 1 is 0.375 bits per heavy atom. The molecular formula is C55H39N. The summed E-state index contributed by atoms with van der Waals surface area (Å²) in [6.07, 6.45) is 0. The summed E-state index contributed by atoms with van der Waals surface area (Å²) in [6.45, 7) is 4.84. The Labute approximate surface area is 327 Å². The van der Waals surface area contributed by atoms with Gasteiger partial charge in [-0.15, -0.1) is 0 Å². The van der Waals surface area contributed by atoms with Gasteiger partial charge in [0.2, 0.25) is 0 Å². The number of anilines is 3. The zero-order chi connectivity index (χ0) is 37.4. The lowest BCUT2D eigenvalue weighted by atomic mass is 9.66. The molecule has 0 aliphatic heterocycles. The van der Waals surface area contributed by atoms with Crippen molar-refractivity contribution in [1.82, 2.24) is 0 Å². The zero-order valence-corrected chi connectivity index (χ0v) is 31.5.